The fraction of sp³-hybridized carbons (Fsp3) is 0.200. The van der Waals surface area contributed by atoms with Gasteiger partial charge in [-0.3, -0.25) is 4.79 Å². The fourth-order valence-corrected chi connectivity index (χ4v) is 1.18. The van der Waals surface area contributed by atoms with E-state index in [4.69, 9.17) is 5.73 Å². The van der Waals surface area contributed by atoms with Crippen molar-refractivity contribution in [2.24, 2.45) is 0 Å². The molecule has 68 valence electrons. The maximum Gasteiger partial charge on any atom is 0.170 e. The zero-order chi connectivity index (χ0) is 9.84. The zero-order valence-electron chi connectivity index (χ0n) is 7.58. The third-order valence-corrected chi connectivity index (χ3v) is 1.80. The Morgan fingerprint density at radius 1 is 1.77 bits per heavy atom. The molecule has 0 aliphatic rings. The van der Waals surface area contributed by atoms with Gasteiger partial charge in [-0.2, -0.15) is 0 Å². The van der Waals surface area contributed by atoms with Gasteiger partial charge in [0, 0.05) is 12.6 Å². The van der Waals surface area contributed by atoms with Crippen LogP contribution in [0.4, 0.5) is 5.82 Å². The predicted molar refractivity (Wildman–Crippen MR) is 52.5 cm³/mol. The van der Waals surface area contributed by atoms with Crippen molar-refractivity contribution in [3.63, 3.8) is 0 Å². The summed E-state index contributed by atoms with van der Waals surface area (Å²) in [5.74, 6) is 0.268. The first-order valence-electron chi connectivity index (χ1n) is 4.02. The minimum Gasteiger partial charge on any atom is -0.383 e. The highest BCUT2D eigenvalue weighted by Crippen LogP contribution is 2.15. The van der Waals surface area contributed by atoms with Crippen molar-refractivity contribution >= 4 is 11.6 Å². The first kappa shape index (κ1) is 9.45. The summed E-state index contributed by atoms with van der Waals surface area (Å²) < 4.78 is 0. The molecule has 0 aliphatic carbocycles. The van der Waals surface area contributed by atoms with Gasteiger partial charge in [-0.05, 0) is 18.6 Å². The van der Waals surface area contributed by atoms with Crippen molar-refractivity contribution in [1.82, 2.24) is 4.98 Å². The number of nitrogens with zero attached hydrogens (tertiary/aromatic N) is 1. The molecular weight excluding hydrogens is 164 g/mol. The van der Waals surface area contributed by atoms with Crippen molar-refractivity contribution in [1.29, 1.82) is 0 Å². The average Bonchev–Trinajstić information content (AvgIpc) is 2.04. The lowest BCUT2D eigenvalue weighted by Crippen LogP contribution is -2.06. The van der Waals surface area contributed by atoms with E-state index in [1.54, 1.807) is 18.3 Å². The Labute approximate surface area is 77.3 Å². The normalized spacial score (nSPS) is 9.62. The number of nitrogens with two attached hydrogens (primary N) is 1. The lowest BCUT2D eigenvalue weighted by Gasteiger charge is -2.04. The first-order valence-corrected chi connectivity index (χ1v) is 4.02. The lowest BCUT2D eigenvalue weighted by molar-refractivity contribution is 0.0996. The molecule has 13 heavy (non-hydrogen) atoms. The van der Waals surface area contributed by atoms with Gasteiger partial charge in [0.2, 0.25) is 0 Å². The van der Waals surface area contributed by atoms with E-state index < -0.39 is 0 Å². The summed E-state index contributed by atoms with van der Waals surface area (Å²) in [5, 5.41) is 0. The molecular formula is C10H12N2O. The van der Waals surface area contributed by atoms with Gasteiger partial charge in [0.1, 0.15) is 5.82 Å². The van der Waals surface area contributed by atoms with E-state index in [0.717, 1.165) is 5.56 Å². The van der Waals surface area contributed by atoms with E-state index in [1.807, 2.05) is 6.92 Å². The Bertz CT molecular complexity index is 325. The molecule has 0 bridgehead atoms. The number of rotatable bonds is 3. The number of allylic oxidation sites excluding steroid dienone is 1. The predicted octanol–water partition coefficient (Wildman–Crippen LogP) is 1.73. The summed E-state index contributed by atoms with van der Waals surface area (Å²) in [6.45, 7) is 5.35. The third kappa shape index (κ3) is 1.93. The zero-order valence-corrected chi connectivity index (χ0v) is 7.58. The molecule has 3 heteroatoms. The fourth-order valence-electron chi connectivity index (χ4n) is 1.18. The van der Waals surface area contributed by atoms with Gasteiger partial charge in [0.15, 0.2) is 5.78 Å². The van der Waals surface area contributed by atoms with Crippen LogP contribution in [0.3, 0.4) is 0 Å². The summed E-state index contributed by atoms with van der Waals surface area (Å²) >= 11 is 0. The molecule has 0 radical (unpaired) electrons. The van der Waals surface area contributed by atoms with Crippen LogP contribution in [0.1, 0.15) is 22.3 Å². The second kappa shape index (κ2) is 3.85. The monoisotopic (exact) mass is 176 g/mol. The highest BCUT2D eigenvalue weighted by molar-refractivity contribution is 6.01. The largest absolute Gasteiger partial charge is 0.383 e. The molecule has 1 aromatic heterocycles. The molecule has 0 saturated carbocycles. The topological polar surface area (TPSA) is 56.0 Å². The van der Waals surface area contributed by atoms with Crippen molar-refractivity contribution in [2.75, 3.05) is 5.73 Å². The standard InChI is InChI=1S/C10H12N2O/c1-3-4-8(13)9-7(2)5-6-12-10(9)11/h3,5-6H,1,4H2,2H3,(H2,11,12). The van der Waals surface area contributed by atoms with Crippen LogP contribution in [-0.4, -0.2) is 10.8 Å². The number of nitrogen functional groups attached to an aromatic ring is 1. The molecule has 1 rings (SSSR count). The van der Waals surface area contributed by atoms with Crippen LogP contribution < -0.4 is 5.73 Å². The van der Waals surface area contributed by atoms with Crippen LogP contribution in [0.2, 0.25) is 0 Å². The highest BCUT2D eigenvalue weighted by Gasteiger charge is 2.11. The highest BCUT2D eigenvalue weighted by atomic mass is 16.1. The Kier molecular flexibility index (Phi) is 2.80. The Morgan fingerprint density at radius 3 is 3.00 bits per heavy atom. The van der Waals surface area contributed by atoms with Gasteiger partial charge in [0.25, 0.3) is 0 Å². The number of pyridine rings is 1. The Balaban J connectivity index is 3.12. The van der Waals surface area contributed by atoms with Crippen LogP contribution in [0, 0.1) is 6.92 Å². The number of ketones is 1. The van der Waals surface area contributed by atoms with Crippen LogP contribution in [0.25, 0.3) is 0 Å². The van der Waals surface area contributed by atoms with Crippen LogP contribution in [-0.2, 0) is 0 Å². The number of carbonyl (C=O) groups is 1. The van der Waals surface area contributed by atoms with Crippen molar-refractivity contribution in [3.05, 3.63) is 36.0 Å². The quantitative estimate of drug-likeness (QED) is 0.563. The first-order chi connectivity index (χ1) is 6.16. The molecule has 3 nitrogen and oxygen atoms in total. The van der Waals surface area contributed by atoms with Crippen molar-refractivity contribution in [3.8, 4) is 0 Å². The smallest absolute Gasteiger partial charge is 0.170 e. The van der Waals surface area contributed by atoms with Gasteiger partial charge < -0.3 is 5.73 Å². The average molecular weight is 176 g/mol. The molecule has 0 saturated heterocycles. The van der Waals surface area contributed by atoms with E-state index in [0.29, 0.717) is 17.8 Å². The molecule has 0 spiro atoms. The van der Waals surface area contributed by atoms with E-state index in [9.17, 15) is 4.79 Å². The van der Waals surface area contributed by atoms with E-state index >= 15 is 0 Å². The number of Topliss-reactive ketones (excluding diaryl/α,β-unsaturated/α-hetero) is 1. The van der Waals surface area contributed by atoms with Gasteiger partial charge in [-0.15, -0.1) is 6.58 Å². The van der Waals surface area contributed by atoms with E-state index in [1.165, 1.54) is 0 Å². The number of carbonyl (C=O) groups excluding carboxylic acids is 1. The molecule has 1 aromatic rings. The summed E-state index contributed by atoms with van der Waals surface area (Å²) in [6, 6.07) is 1.77. The maximum absolute atomic E-state index is 11.5. The van der Waals surface area contributed by atoms with Gasteiger partial charge in [-0.1, -0.05) is 6.08 Å². The summed E-state index contributed by atoms with van der Waals surface area (Å²) in [6.07, 6.45) is 3.46. The molecule has 0 amide bonds. The molecule has 0 aromatic carbocycles. The van der Waals surface area contributed by atoms with E-state index in [-0.39, 0.29) is 5.78 Å². The molecule has 0 fully saturated rings. The Morgan fingerprint density at radius 2 is 2.46 bits per heavy atom. The van der Waals surface area contributed by atoms with E-state index in [2.05, 4.69) is 11.6 Å². The third-order valence-electron chi connectivity index (χ3n) is 1.80. The molecule has 0 atom stereocenters. The maximum atomic E-state index is 11.5. The second-order valence-electron chi connectivity index (χ2n) is 2.80. The van der Waals surface area contributed by atoms with Gasteiger partial charge in [-0.25, -0.2) is 4.98 Å². The number of aryl methyl sites for hydroxylation is 1. The number of anilines is 1. The minimum atomic E-state index is -0.0295. The number of hydrogen-bond acceptors (Lipinski definition) is 3. The van der Waals surface area contributed by atoms with Crippen LogP contribution in [0.15, 0.2) is 24.9 Å². The van der Waals surface area contributed by atoms with Gasteiger partial charge in [0.05, 0.1) is 5.56 Å². The Hall–Kier alpha value is -1.64. The summed E-state index contributed by atoms with van der Waals surface area (Å²) in [7, 11) is 0. The minimum absolute atomic E-state index is 0.0295. The SMILES string of the molecule is C=CCC(=O)c1c(C)ccnc1N. The summed E-state index contributed by atoms with van der Waals surface area (Å²) in [5.41, 5.74) is 6.96. The van der Waals surface area contributed by atoms with Crippen LogP contribution in [0.5, 0.6) is 0 Å². The molecule has 0 unspecified atom stereocenters. The molecule has 2 N–H and O–H groups in total. The van der Waals surface area contributed by atoms with Crippen molar-refractivity contribution in [2.45, 2.75) is 13.3 Å². The van der Waals surface area contributed by atoms with Gasteiger partial charge >= 0.3 is 0 Å². The molecule has 1 heterocycles. The lowest BCUT2D eigenvalue weighted by atomic mass is 10.0. The number of aromatic nitrogens is 1. The second-order valence-corrected chi connectivity index (χ2v) is 2.80. The summed E-state index contributed by atoms with van der Waals surface area (Å²) in [4.78, 5) is 15.4. The van der Waals surface area contributed by atoms with Crippen molar-refractivity contribution < 1.29 is 4.79 Å². The number of hydrogen-bond donors (Lipinski definition) is 1. The molecule has 0 aliphatic heterocycles. The van der Waals surface area contributed by atoms with Crippen LogP contribution >= 0.6 is 0 Å².